The number of hydrogen-bond donors (Lipinski definition) is 3. The van der Waals surface area contributed by atoms with Crippen molar-refractivity contribution >= 4 is 10.0 Å². The van der Waals surface area contributed by atoms with Crippen LogP contribution in [0.3, 0.4) is 0 Å². The average Bonchev–Trinajstić information content (AvgIpc) is 2.65. The summed E-state index contributed by atoms with van der Waals surface area (Å²) in [6, 6.07) is 15.2. The third-order valence-electron chi connectivity index (χ3n) is 3.42. The molecule has 0 aliphatic carbocycles. The minimum absolute atomic E-state index is 0.127. The third kappa shape index (κ3) is 6.64. The van der Waals surface area contributed by atoms with Crippen LogP contribution >= 0.6 is 0 Å². The van der Waals surface area contributed by atoms with E-state index in [4.69, 9.17) is 9.47 Å². The van der Waals surface area contributed by atoms with Gasteiger partial charge in [-0.05, 0) is 43.4 Å². The van der Waals surface area contributed by atoms with Gasteiger partial charge < -0.3 is 19.9 Å². The molecule has 0 spiro atoms. The van der Waals surface area contributed by atoms with E-state index in [1.807, 2.05) is 18.2 Å². The zero-order valence-corrected chi connectivity index (χ0v) is 15.4. The Labute approximate surface area is 154 Å². The lowest BCUT2D eigenvalue weighted by Crippen LogP contribution is -2.29. The number of likely N-dealkylation sites (N-methyl/N-ethyl adjacent to an activating group) is 1. The molecule has 2 rings (SSSR count). The second kappa shape index (κ2) is 10.1. The quantitative estimate of drug-likeness (QED) is 0.504. The molecule has 0 amide bonds. The number of para-hydroxylation sites is 1. The zero-order valence-electron chi connectivity index (χ0n) is 14.6. The van der Waals surface area contributed by atoms with Gasteiger partial charge in [-0.1, -0.05) is 18.2 Å². The highest BCUT2D eigenvalue weighted by Gasteiger charge is 2.13. The lowest BCUT2D eigenvalue weighted by atomic mass is 10.3. The Bertz CT molecular complexity index is 751. The summed E-state index contributed by atoms with van der Waals surface area (Å²) in [5, 5.41) is 12.4. The fraction of sp³-hybridized carbons (Fsp3) is 0.333. The molecule has 0 bridgehead atoms. The summed E-state index contributed by atoms with van der Waals surface area (Å²) in [5.74, 6) is 1.18. The largest absolute Gasteiger partial charge is 0.492 e. The Morgan fingerprint density at radius 3 is 2.31 bits per heavy atom. The lowest BCUT2D eigenvalue weighted by molar-refractivity contribution is 0.108. The summed E-state index contributed by atoms with van der Waals surface area (Å²) in [6.45, 7) is 0.933. The Morgan fingerprint density at radius 2 is 1.65 bits per heavy atom. The molecule has 2 aromatic carbocycles. The first-order valence-corrected chi connectivity index (χ1v) is 9.72. The molecule has 7 nitrogen and oxygen atoms in total. The standard InChI is InChI=1S/C18H24N2O5S/c1-19-13-15(21)14-25-17-7-9-18(10-8-17)26(22,23)20-11-12-24-16-5-3-2-4-6-16/h2-10,15,19-21H,11-14H2,1H3. The highest BCUT2D eigenvalue weighted by Crippen LogP contribution is 2.16. The number of rotatable bonds is 11. The smallest absolute Gasteiger partial charge is 0.240 e. The molecule has 1 unspecified atom stereocenters. The van der Waals surface area contributed by atoms with Crippen LogP contribution in [0.15, 0.2) is 59.5 Å². The predicted octanol–water partition coefficient (Wildman–Crippen LogP) is 1.00. The number of nitrogens with one attached hydrogen (secondary N) is 2. The van der Waals surface area contributed by atoms with E-state index in [0.29, 0.717) is 18.0 Å². The van der Waals surface area contributed by atoms with E-state index in [1.165, 1.54) is 12.1 Å². The Kier molecular flexibility index (Phi) is 7.86. The number of sulfonamides is 1. The Morgan fingerprint density at radius 1 is 1.00 bits per heavy atom. The summed E-state index contributed by atoms with van der Waals surface area (Å²) in [4.78, 5) is 0.139. The molecule has 8 heteroatoms. The second-order valence-electron chi connectivity index (χ2n) is 5.55. The summed E-state index contributed by atoms with van der Waals surface area (Å²) < 4.78 is 37.9. The van der Waals surface area contributed by atoms with Crippen LogP contribution in [0.1, 0.15) is 0 Å². The van der Waals surface area contributed by atoms with Gasteiger partial charge in [-0.25, -0.2) is 13.1 Å². The first-order chi connectivity index (χ1) is 12.5. The van der Waals surface area contributed by atoms with Gasteiger partial charge >= 0.3 is 0 Å². The molecule has 0 radical (unpaired) electrons. The van der Waals surface area contributed by atoms with Crippen LogP contribution < -0.4 is 19.5 Å². The van der Waals surface area contributed by atoms with E-state index < -0.39 is 16.1 Å². The fourth-order valence-corrected chi connectivity index (χ4v) is 3.16. The van der Waals surface area contributed by atoms with Crippen molar-refractivity contribution in [3.8, 4) is 11.5 Å². The maximum atomic E-state index is 12.3. The molecule has 0 saturated carbocycles. The van der Waals surface area contributed by atoms with Crippen molar-refractivity contribution in [2.45, 2.75) is 11.0 Å². The number of aliphatic hydroxyl groups excluding tert-OH is 1. The van der Waals surface area contributed by atoms with Crippen molar-refractivity contribution in [3.63, 3.8) is 0 Å². The Hall–Kier alpha value is -2.13. The first-order valence-electron chi connectivity index (χ1n) is 8.24. The van der Waals surface area contributed by atoms with Gasteiger partial charge in [-0.15, -0.1) is 0 Å². The molecular formula is C18H24N2O5S. The molecule has 0 saturated heterocycles. The van der Waals surface area contributed by atoms with Gasteiger partial charge in [-0.3, -0.25) is 0 Å². The van der Waals surface area contributed by atoms with Gasteiger partial charge in [0, 0.05) is 13.1 Å². The number of ether oxygens (including phenoxy) is 2. The topological polar surface area (TPSA) is 96.9 Å². The molecular weight excluding hydrogens is 356 g/mol. The van der Waals surface area contributed by atoms with Crippen molar-refractivity contribution in [1.29, 1.82) is 0 Å². The molecule has 1 atom stereocenters. The predicted molar refractivity (Wildman–Crippen MR) is 99.0 cm³/mol. The third-order valence-corrected chi connectivity index (χ3v) is 4.90. The fourth-order valence-electron chi connectivity index (χ4n) is 2.15. The summed E-state index contributed by atoms with van der Waals surface area (Å²) in [5.41, 5.74) is 0. The van der Waals surface area contributed by atoms with Gasteiger partial charge in [0.15, 0.2) is 0 Å². The average molecular weight is 380 g/mol. The van der Waals surface area contributed by atoms with Crippen molar-refractivity contribution in [2.75, 3.05) is 33.4 Å². The monoisotopic (exact) mass is 380 g/mol. The van der Waals surface area contributed by atoms with Gasteiger partial charge in [0.25, 0.3) is 0 Å². The maximum absolute atomic E-state index is 12.3. The molecule has 0 aliphatic rings. The molecule has 0 aromatic heterocycles. The molecule has 142 valence electrons. The van der Waals surface area contributed by atoms with Gasteiger partial charge in [0.2, 0.25) is 10.0 Å². The highest BCUT2D eigenvalue weighted by atomic mass is 32.2. The summed E-state index contributed by atoms with van der Waals surface area (Å²) >= 11 is 0. The van der Waals surface area contributed by atoms with Gasteiger partial charge in [0.05, 0.1) is 4.90 Å². The van der Waals surface area contributed by atoms with Crippen LogP contribution in [0.25, 0.3) is 0 Å². The van der Waals surface area contributed by atoms with E-state index in [9.17, 15) is 13.5 Å². The van der Waals surface area contributed by atoms with Gasteiger partial charge in [-0.2, -0.15) is 0 Å². The van der Waals surface area contributed by atoms with Crippen LogP contribution in [-0.2, 0) is 10.0 Å². The van der Waals surface area contributed by atoms with Crippen LogP contribution in [0, 0.1) is 0 Å². The van der Waals surface area contributed by atoms with E-state index in [2.05, 4.69) is 10.0 Å². The molecule has 0 aliphatic heterocycles. The maximum Gasteiger partial charge on any atom is 0.240 e. The summed E-state index contributed by atoms with van der Waals surface area (Å²) in [7, 11) is -1.88. The van der Waals surface area contributed by atoms with E-state index >= 15 is 0 Å². The van der Waals surface area contributed by atoms with E-state index in [-0.39, 0.29) is 24.7 Å². The van der Waals surface area contributed by atoms with Crippen LogP contribution in [0.4, 0.5) is 0 Å². The first kappa shape index (κ1) is 20.2. The minimum Gasteiger partial charge on any atom is -0.492 e. The van der Waals surface area contributed by atoms with Crippen LogP contribution in [0.5, 0.6) is 11.5 Å². The summed E-state index contributed by atoms with van der Waals surface area (Å²) in [6.07, 6.45) is -0.630. The van der Waals surface area contributed by atoms with Crippen LogP contribution in [-0.4, -0.2) is 53.0 Å². The zero-order chi connectivity index (χ0) is 18.8. The van der Waals surface area contributed by atoms with Crippen LogP contribution in [0.2, 0.25) is 0 Å². The molecule has 0 heterocycles. The molecule has 26 heavy (non-hydrogen) atoms. The normalized spacial score (nSPS) is 12.5. The van der Waals surface area contributed by atoms with Crippen molar-refractivity contribution < 1.29 is 23.0 Å². The molecule has 2 aromatic rings. The lowest BCUT2D eigenvalue weighted by Gasteiger charge is -2.12. The van der Waals surface area contributed by atoms with Gasteiger partial charge in [0.1, 0.15) is 30.8 Å². The number of benzene rings is 2. The molecule has 0 fully saturated rings. The van der Waals surface area contributed by atoms with Crippen molar-refractivity contribution in [2.24, 2.45) is 0 Å². The van der Waals surface area contributed by atoms with Crippen molar-refractivity contribution in [1.82, 2.24) is 10.0 Å². The van der Waals surface area contributed by atoms with E-state index in [0.717, 1.165) is 0 Å². The molecule has 3 N–H and O–H groups in total. The Balaban J connectivity index is 1.80. The number of hydrogen-bond acceptors (Lipinski definition) is 6. The minimum atomic E-state index is -3.62. The SMILES string of the molecule is CNCC(O)COc1ccc(S(=O)(=O)NCCOc2ccccc2)cc1. The van der Waals surface area contributed by atoms with Crippen molar-refractivity contribution in [3.05, 3.63) is 54.6 Å². The number of aliphatic hydroxyl groups is 1. The highest BCUT2D eigenvalue weighted by molar-refractivity contribution is 7.89. The van der Waals surface area contributed by atoms with E-state index in [1.54, 1.807) is 31.3 Å². The second-order valence-corrected chi connectivity index (χ2v) is 7.32.